The van der Waals surface area contributed by atoms with Crippen molar-refractivity contribution >= 4 is 18.4 Å². The Morgan fingerprint density at radius 1 is 1.38 bits per heavy atom. The summed E-state index contributed by atoms with van der Waals surface area (Å²) in [5.74, 6) is 0.297. The van der Waals surface area contributed by atoms with Gasteiger partial charge < -0.3 is 10.5 Å². The lowest BCUT2D eigenvalue weighted by Gasteiger charge is -2.06. The fraction of sp³-hybridized carbons (Fsp3) is 0.417. The molecule has 0 bridgehead atoms. The number of rotatable bonds is 4. The van der Waals surface area contributed by atoms with Crippen molar-refractivity contribution in [2.24, 2.45) is 5.73 Å². The summed E-state index contributed by atoms with van der Waals surface area (Å²) < 4.78 is 4.93. The van der Waals surface area contributed by atoms with Crippen LogP contribution in [-0.4, -0.2) is 12.0 Å². The molecule has 90 valence electrons. The van der Waals surface area contributed by atoms with E-state index in [0.29, 0.717) is 5.75 Å². The Morgan fingerprint density at radius 2 is 1.94 bits per heavy atom. The van der Waals surface area contributed by atoms with Gasteiger partial charge in [-0.05, 0) is 37.5 Å². The quantitative estimate of drug-likeness (QED) is 0.652. The predicted molar refractivity (Wildman–Crippen MR) is 67.0 cm³/mol. The first-order valence-electron chi connectivity index (χ1n) is 5.11. The summed E-state index contributed by atoms with van der Waals surface area (Å²) in [6.45, 7) is 3.39. The predicted octanol–water partition coefficient (Wildman–Crippen LogP) is 2.31. The van der Waals surface area contributed by atoms with Crippen LogP contribution in [-0.2, 0) is 11.2 Å². The molecular weight excluding hydrogens is 226 g/mol. The molecule has 0 radical (unpaired) electrons. The van der Waals surface area contributed by atoms with Gasteiger partial charge in [-0.2, -0.15) is 0 Å². The van der Waals surface area contributed by atoms with Crippen LogP contribution in [0.3, 0.4) is 0 Å². The van der Waals surface area contributed by atoms with Crippen molar-refractivity contribution in [3.8, 4) is 5.75 Å². The summed E-state index contributed by atoms with van der Waals surface area (Å²) in [6.07, 6.45) is 1.92. The van der Waals surface area contributed by atoms with Gasteiger partial charge in [0.15, 0.2) is 0 Å². The van der Waals surface area contributed by atoms with Crippen molar-refractivity contribution in [1.82, 2.24) is 0 Å². The number of aryl methyl sites for hydroxylation is 1. The zero-order valence-electron chi connectivity index (χ0n) is 9.60. The number of hydrogen-bond donors (Lipinski definition) is 1. The Labute approximate surface area is 102 Å². The Hall–Kier alpha value is -1.06. The van der Waals surface area contributed by atoms with Gasteiger partial charge in [0.05, 0.1) is 0 Å². The Kier molecular flexibility index (Phi) is 6.77. The number of benzene rings is 1. The molecule has 0 aromatic heterocycles. The molecule has 1 rings (SSSR count). The molecule has 0 aliphatic carbocycles. The van der Waals surface area contributed by atoms with Gasteiger partial charge in [0.1, 0.15) is 5.75 Å². The maximum absolute atomic E-state index is 10.7. The second kappa shape index (κ2) is 7.25. The van der Waals surface area contributed by atoms with E-state index in [4.69, 9.17) is 10.5 Å². The summed E-state index contributed by atoms with van der Waals surface area (Å²) >= 11 is 0. The number of hydrogen-bond acceptors (Lipinski definition) is 3. The van der Waals surface area contributed by atoms with E-state index in [2.05, 4.69) is 0 Å². The van der Waals surface area contributed by atoms with Crippen molar-refractivity contribution < 1.29 is 9.53 Å². The Bertz CT molecular complexity index is 322. The second-order valence-electron chi connectivity index (χ2n) is 3.75. The average molecular weight is 244 g/mol. The number of carbonyl (C=O) groups excluding carboxylic acids is 1. The minimum absolute atomic E-state index is 0. The number of nitrogens with two attached hydrogens (primary N) is 1. The lowest BCUT2D eigenvalue weighted by atomic mass is 10.1. The molecule has 0 saturated heterocycles. The Balaban J connectivity index is 0.00000225. The Morgan fingerprint density at radius 3 is 2.38 bits per heavy atom. The highest BCUT2D eigenvalue weighted by atomic mass is 35.5. The molecule has 0 spiro atoms. The van der Waals surface area contributed by atoms with Gasteiger partial charge in [-0.15, -0.1) is 12.4 Å². The molecule has 1 aromatic carbocycles. The molecule has 0 fully saturated rings. The van der Waals surface area contributed by atoms with E-state index in [1.54, 1.807) is 12.1 Å². The third kappa shape index (κ3) is 5.73. The highest BCUT2D eigenvalue weighted by molar-refractivity contribution is 5.85. The molecule has 1 unspecified atom stereocenters. The van der Waals surface area contributed by atoms with E-state index in [1.165, 1.54) is 12.5 Å². The fourth-order valence-electron chi connectivity index (χ4n) is 1.28. The first kappa shape index (κ1) is 14.9. The molecule has 0 aliphatic heterocycles. The zero-order chi connectivity index (χ0) is 11.3. The van der Waals surface area contributed by atoms with Crippen LogP contribution in [0.25, 0.3) is 0 Å². The van der Waals surface area contributed by atoms with E-state index in [-0.39, 0.29) is 24.4 Å². The van der Waals surface area contributed by atoms with Crippen LogP contribution in [0.5, 0.6) is 5.75 Å². The highest BCUT2D eigenvalue weighted by Crippen LogP contribution is 2.13. The summed E-state index contributed by atoms with van der Waals surface area (Å²) in [7, 11) is 0. The fourth-order valence-corrected chi connectivity index (χ4v) is 1.28. The van der Waals surface area contributed by atoms with Gasteiger partial charge >= 0.3 is 5.97 Å². The second-order valence-corrected chi connectivity index (χ2v) is 3.75. The van der Waals surface area contributed by atoms with Crippen molar-refractivity contribution in [3.05, 3.63) is 29.8 Å². The van der Waals surface area contributed by atoms with Gasteiger partial charge in [-0.25, -0.2) is 0 Å². The summed E-state index contributed by atoms with van der Waals surface area (Å²) in [5, 5.41) is 0. The third-order valence-electron chi connectivity index (χ3n) is 2.07. The highest BCUT2D eigenvalue weighted by Gasteiger charge is 1.99. The van der Waals surface area contributed by atoms with E-state index in [1.807, 2.05) is 19.1 Å². The first-order chi connectivity index (χ1) is 7.08. The van der Waals surface area contributed by atoms with Crippen LogP contribution in [0.15, 0.2) is 24.3 Å². The third-order valence-corrected chi connectivity index (χ3v) is 2.07. The molecule has 0 heterocycles. The average Bonchev–Trinajstić information content (AvgIpc) is 2.16. The minimum Gasteiger partial charge on any atom is -0.427 e. The van der Waals surface area contributed by atoms with E-state index in [0.717, 1.165) is 12.8 Å². The summed E-state index contributed by atoms with van der Waals surface area (Å²) in [5.41, 5.74) is 6.88. The number of halogens is 1. The number of carbonyl (C=O) groups is 1. The molecule has 4 heteroatoms. The topological polar surface area (TPSA) is 52.3 Å². The first-order valence-corrected chi connectivity index (χ1v) is 5.11. The van der Waals surface area contributed by atoms with E-state index in [9.17, 15) is 4.79 Å². The van der Waals surface area contributed by atoms with Gasteiger partial charge in [-0.1, -0.05) is 12.1 Å². The summed E-state index contributed by atoms with van der Waals surface area (Å²) in [4.78, 5) is 10.7. The van der Waals surface area contributed by atoms with Gasteiger partial charge in [0.2, 0.25) is 0 Å². The molecule has 0 amide bonds. The van der Waals surface area contributed by atoms with Gasteiger partial charge in [0.25, 0.3) is 0 Å². The maximum Gasteiger partial charge on any atom is 0.308 e. The van der Waals surface area contributed by atoms with Crippen molar-refractivity contribution in [2.45, 2.75) is 32.7 Å². The molecule has 16 heavy (non-hydrogen) atoms. The SMILES string of the molecule is CC(=O)Oc1ccc(CCC(C)N)cc1.Cl. The van der Waals surface area contributed by atoms with Crippen LogP contribution in [0.4, 0.5) is 0 Å². The molecule has 0 saturated carbocycles. The molecule has 0 aliphatic rings. The standard InChI is InChI=1S/C12H17NO2.ClH/c1-9(13)3-4-11-5-7-12(8-6-11)15-10(2)14;/h5-9H,3-4,13H2,1-2H3;1H. The molecule has 3 nitrogen and oxygen atoms in total. The molecule has 2 N–H and O–H groups in total. The van der Waals surface area contributed by atoms with Crippen LogP contribution < -0.4 is 10.5 Å². The smallest absolute Gasteiger partial charge is 0.308 e. The zero-order valence-corrected chi connectivity index (χ0v) is 10.4. The van der Waals surface area contributed by atoms with Crippen LogP contribution >= 0.6 is 12.4 Å². The van der Waals surface area contributed by atoms with Crippen LogP contribution in [0.1, 0.15) is 25.8 Å². The lowest BCUT2D eigenvalue weighted by molar-refractivity contribution is -0.131. The maximum atomic E-state index is 10.7. The molecule has 1 aromatic rings. The summed E-state index contributed by atoms with van der Waals surface area (Å²) in [6, 6.07) is 7.75. The number of ether oxygens (including phenoxy) is 1. The lowest BCUT2D eigenvalue weighted by Crippen LogP contribution is -2.15. The van der Waals surface area contributed by atoms with E-state index < -0.39 is 0 Å². The number of esters is 1. The van der Waals surface area contributed by atoms with Gasteiger partial charge in [-0.3, -0.25) is 4.79 Å². The normalized spacial score (nSPS) is 11.4. The molecular formula is C12H18ClNO2. The minimum atomic E-state index is -0.293. The molecule has 1 atom stereocenters. The largest absolute Gasteiger partial charge is 0.427 e. The van der Waals surface area contributed by atoms with Crippen LogP contribution in [0.2, 0.25) is 0 Å². The van der Waals surface area contributed by atoms with Crippen LogP contribution in [0, 0.1) is 0 Å². The monoisotopic (exact) mass is 243 g/mol. The van der Waals surface area contributed by atoms with Crippen molar-refractivity contribution in [2.75, 3.05) is 0 Å². The van der Waals surface area contributed by atoms with Crippen molar-refractivity contribution in [3.63, 3.8) is 0 Å². The van der Waals surface area contributed by atoms with Crippen molar-refractivity contribution in [1.29, 1.82) is 0 Å². The van der Waals surface area contributed by atoms with E-state index >= 15 is 0 Å². The van der Waals surface area contributed by atoms with Gasteiger partial charge in [0, 0.05) is 13.0 Å².